The van der Waals surface area contributed by atoms with Gasteiger partial charge in [-0.25, -0.2) is 0 Å². The molecular weight excluding hydrogens is 821 g/mol. The topological polar surface area (TPSA) is 171 Å². The van der Waals surface area contributed by atoms with Gasteiger partial charge in [0, 0.05) is 23.9 Å². The largest absolute Gasteiger partial charge is 0.454 e. The number of aldehydes is 1. The van der Waals surface area contributed by atoms with E-state index >= 15 is 0 Å². The van der Waals surface area contributed by atoms with Gasteiger partial charge in [-0.1, -0.05) is 90.4 Å². The van der Waals surface area contributed by atoms with Crippen LogP contribution >= 0.6 is 0 Å². The van der Waals surface area contributed by atoms with Crippen LogP contribution in [0.15, 0.2) is 89.1 Å². The molecule has 342 valence electrons. The first-order chi connectivity index (χ1) is 31.5. The molecule has 2 aliphatic heterocycles. The molecule has 0 spiro atoms. The van der Waals surface area contributed by atoms with Gasteiger partial charge < -0.3 is 40.5 Å². The second-order valence-corrected chi connectivity index (χ2v) is 19.0. The molecule has 12 nitrogen and oxygen atoms in total. The number of benzene rings is 4. The van der Waals surface area contributed by atoms with Crippen LogP contribution < -0.4 is 35.3 Å². The van der Waals surface area contributed by atoms with E-state index in [4.69, 9.17) is 20.3 Å². The van der Waals surface area contributed by atoms with E-state index in [-0.39, 0.29) is 36.2 Å². The number of amides is 2. The number of hydrogen-bond acceptors (Lipinski definition) is 10. The molecule has 0 unspecified atom stereocenters. The van der Waals surface area contributed by atoms with Crippen molar-refractivity contribution in [1.29, 1.82) is 0 Å². The van der Waals surface area contributed by atoms with Crippen LogP contribution in [0.5, 0.6) is 23.0 Å². The lowest BCUT2D eigenvalue weighted by molar-refractivity contribution is -0.119. The fourth-order valence-electron chi connectivity index (χ4n) is 9.13. The zero-order valence-electron chi connectivity index (χ0n) is 39.8. The Morgan fingerprint density at radius 3 is 1.45 bits per heavy atom. The summed E-state index contributed by atoms with van der Waals surface area (Å²) in [5.74, 6) is 2.80. The molecule has 0 saturated heterocycles. The Hall–Kier alpha value is -6.40. The van der Waals surface area contributed by atoms with E-state index in [2.05, 4.69) is 69.1 Å². The van der Waals surface area contributed by atoms with Crippen molar-refractivity contribution >= 4 is 46.8 Å². The molecule has 5 N–H and O–H groups in total. The Bertz CT molecular complexity index is 2630. The lowest BCUT2D eigenvalue weighted by Crippen LogP contribution is -2.27. The molecule has 4 aromatic carbocycles. The minimum atomic E-state index is -0.528. The number of carbonyl (C=O) groups excluding carboxylic acids is 3. The zero-order chi connectivity index (χ0) is 47.6. The number of nitrogens with one attached hydrogen (secondary N) is 2. The highest BCUT2D eigenvalue weighted by molar-refractivity contribution is 6.14. The van der Waals surface area contributed by atoms with Gasteiger partial charge in [-0.05, 0) is 144 Å². The fourth-order valence-corrected chi connectivity index (χ4v) is 9.13. The monoisotopic (exact) mass is 883 g/mol. The van der Waals surface area contributed by atoms with Gasteiger partial charge in [-0.2, -0.15) is 0 Å². The summed E-state index contributed by atoms with van der Waals surface area (Å²) in [6.07, 6.45) is 7.27. The average Bonchev–Trinajstić information content (AvgIpc) is 4.05. The summed E-state index contributed by atoms with van der Waals surface area (Å²) < 4.78 is 28.0. The molecule has 4 aliphatic carbocycles. The highest BCUT2D eigenvalue weighted by Gasteiger charge is 2.53. The van der Waals surface area contributed by atoms with Crippen LogP contribution in [-0.2, 0) is 38.1 Å². The molecule has 2 heterocycles. The molecule has 2 saturated carbocycles. The molecule has 0 radical (unpaired) electrons. The van der Waals surface area contributed by atoms with Crippen LogP contribution in [0.25, 0.3) is 11.1 Å². The third-order valence-corrected chi connectivity index (χ3v) is 13.0. The maximum Gasteiger partial charge on any atom is 0.235 e. The number of oxime groups is 1. The predicted octanol–water partition coefficient (Wildman–Crippen LogP) is 10.1. The second-order valence-electron chi connectivity index (χ2n) is 19.0. The first-order valence-electron chi connectivity index (χ1n) is 22.9. The van der Waals surface area contributed by atoms with Gasteiger partial charge in [0.25, 0.3) is 0 Å². The Balaban J connectivity index is 0.000000179. The summed E-state index contributed by atoms with van der Waals surface area (Å²) in [4.78, 5) is 38.3. The van der Waals surface area contributed by atoms with Crippen LogP contribution in [0, 0.1) is 10.8 Å². The summed E-state index contributed by atoms with van der Waals surface area (Å²) in [5, 5.41) is 18.7. The molecule has 0 atom stereocenters. The third-order valence-electron chi connectivity index (χ3n) is 13.0. The lowest BCUT2D eigenvalue weighted by Gasteiger charge is -2.21. The molecule has 65 heavy (non-hydrogen) atoms. The highest BCUT2D eigenvalue weighted by atomic mass is 16.7. The molecule has 10 rings (SSSR count). The standard InChI is InChI=1S/C25H26N2O4.C25H25NO4.C2H6.CH5N/c1-24(2,3)20-10-15-4-6-17(12-18(15)19(20)13-26-29)27-23(28)25(8-9-25)16-5-7-21-22(11-16)31-14-30-21;1-24(2,3)20-10-15-4-6-17(12-18(15)19(20)13-27)26-23(28)25(8-9-25)16-5-7-21-22(11-16)30-14-29-21;2*1-2/h4-7,11-13,29H,8-10,14H2,1-3H3,(H,27,28);4-7,11-13H,8-10,14H2,1-3H3,(H,26,28);1-2H3;2H2,1H3/b26-13-;;;/i;;1D;. The number of nitrogens with two attached hydrogens (primary N) is 1. The molecule has 12 heteroatoms. The summed E-state index contributed by atoms with van der Waals surface area (Å²) in [5.41, 5.74) is 15.0. The zero-order valence-corrected chi connectivity index (χ0v) is 38.8. The SMILES string of the molecule is CC(C)(C)C1=C(/C=N\O)c2cc(NC(=O)C3(c4ccc5c(c4)OCO5)CC3)ccc2C1.CC(C)(C)C1=C(C=O)c2cc(NC(=O)C3(c4ccc5c(c4)OCO5)CC3)ccc2C1.CN.[2H]CC. The second kappa shape index (κ2) is 18.2. The normalized spacial score (nSPS) is 17.6. The lowest BCUT2D eigenvalue weighted by atomic mass is 9.83. The first kappa shape index (κ1) is 45.2. The van der Waals surface area contributed by atoms with Gasteiger partial charge in [0.15, 0.2) is 29.3 Å². The van der Waals surface area contributed by atoms with Crippen molar-refractivity contribution in [3.8, 4) is 23.0 Å². The maximum atomic E-state index is 13.3. The van der Waals surface area contributed by atoms with Crippen molar-refractivity contribution in [2.45, 2.75) is 105 Å². The van der Waals surface area contributed by atoms with Crippen LogP contribution in [-0.4, -0.2) is 50.2 Å². The van der Waals surface area contributed by atoms with E-state index in [0.717, 1.165) is 112 Å². The van der Waals surface area contributed by atoms with Gasteiger partial charge in [0.1, 0.15) is 0 Å². The summed E-state index contributed by atoms with van der Waals surface area (Å²) >= 11 is 0. The minimum Gasteiger partial charge on any atom is -0.454 e. The molecule has 2 fully saturated rings. The molecule has 4 aromatic rings. The van der Waals surface area contributed by atoms with E-state index < -0.39 is 10.8 Å². The van der Waals surface area contributed by atoms with E-state index in [1.807, 2.05) is 66.7 Å². The van der Waals surface area contributed by atoms with Crippen molar-refractivity contribution in [3.63, 3.8) is 0 Å². The molecule has 2 amide bonds. The smallest absolute Gasteiger partial charge is 0.235 e. The van der Waals surface area contributed by atoms with E-state index in [1.54, 1.807) is 6.92 Å². The van der Waals surface area contributed by atoms with Crippen LogP contribution in [0.3, 0.4) is 0 Å². The Labute approximate surface area is 383 Å². The number of nitrogens with zero attached hydrogens (tertiary/aromatic N) is 1. The van der Waals surface area contributed by atoms with Gasteiger partial charge in [0.2, 0.25) is 25.4 Å². The maximum absolute atomic E-state index is 13.3. The average molecular weight is 884 g/mol. The fraction of sp³-hybridized carbons (Fsp3) is 0.396. The van der Waals surface area contributed by atoms with Crippen molar-refractivity contribution in [2.75, 3.05) is 31.3 Å². The Morgan fingerprint density at radius 2 is 1.06 bits per heavy atom. The number of carbonyl (C=O) groups is 3. The van der Waals surface area contributed by atoms with Crippen molar-refractivity contribution in [1.82, 2.24) is 0 Å². The molecule has 6 aliphatic rings. The number of allylic oxidation sites excluding steroid dienone is 4. The van der Waals surface area contributed by atoms with Crippen LogP contribution in [0.1, 0.15) is 116 Å². The number of hydrogen-bond donors (Lipinski definition) is 4. The van der Waals surface area contributed by atoms with Crippen LogP contribution in [0.2, 0.25) is 0 Å². The molecular formula is C53H62N4O8. The number of fused-ring (bicyclic) bond motifs is 4. The number of anilines is 2. The quantitative estimate of drug-likeness (QED) is 0.0582. The number of ether oxygens (including phenoxy) is 4. The van der Waals surface area contributed by atoms with E-state index in [9.17, 15) is 19.6 Å². The summed E-state index contributed by atoms with van der Waals surface area (Å²) in [6.45, 7) is 15.6. The Morgan fingerprint density at radius 1 is 0.662 bits per heavy atom. The first-order valence-corrected chi connectivity index (χ1v) is 22.2. The minimum absolute atomic E-state index is 0.0123. The van der Waals surface area contributed by atoms with E-state index in [0.29, 0.717) is 18.4 Å². The predicted molar refractivity (Wildman–Crippen MR) is 255 cm³/mol. The van der Waals surface area contributed by atoms with Crippen LogP contribution in [0.4, 0.5) is 11.4 Å². The van der Waals surface area contributed by atoms with Gasteiger partial charge in [0.05, 0.1) is 17.0 Å². The highest BCUT2D eigenvalue weighted by Crippen LogP contribution is 2.53. The number of rotatable bonds is 8. The summed E-state index contributed by atoms with van der Waals surface area (Å²) in [6, 6.07) is 23.4. The van der Waals surface area contributed by atoms with Crippen molar-refractivity contribution in [2.24, 2.45) is 21.7 Å². The molecule has 0 aromatic heterocycles. The van der Waals surface area contributed by atoms with Gasteiger partial charge >= 0.3 is 0 Å². The van der Waals surface area contributed by atoms with Crippen molar-refractivity contribution in [3.05, 3.63) is 117 Å². The Kier molecular flexibility index (Phi) is 12.7. The molecule has 0 bridgehead atoms. The van der Waals surface area contributed by atoms with E-state index in [1.165, 1.54) is 24.4 Å². The van der Waals surface area contributed by atoms with Gasteiger partial charge in [-0.15, -0.1) is 0 Å². The third kappa shape index (κ3) is 9.01. The summed E-state index contributed by atoms with van der Waals surface area (Å²) in [7, 11) is 1.50. The van der Waals surface area contributed by atoms with Crippen molar-refractivity contribution < 1.29 is 39.9 Å². The van der Waals surface area contributed by atoms with Gasteiger partial charge in [-0.3, -0.25) is 14.4 Å².